The second-order valence-electron chi connectivity index (χ2n) is 3.58. The number of amidine groups is 1. The smallest absolute Gasteiger partial charge is 0.252 e. The van der Waals surface area contributed by atoms with Crippen molar-refractivity contribution in [2.45, 2.75) is 19.4 Å². The third kappa shape index (κ3) is 3.56. The second kappa shape index (κ2) is 6.53. The first kappa shape index (κ1) is 14.7. The molecule has 5 nitrogen and oxygen atoms in total. The molecule has 0 aliphatic heterocycles. The molecule has 18 heavy (non-hydrogen) atoms. The van der Waals surface area contributed by atoms with Crippen molar-refractivity contribution in [3.63, 3.8) is 0 Å². The summed E-state index contributed by atoms with van der Waals surface area (Å²) in [5.41, 5.74) is 5.79. The van der Waals surface area contributed by atoms with Gasteiger partial charge < -0.3 is 16.3 Å². The minimum Gasteiger partial charge on any atom is -0.409 e. The van der Waals surface area contributed by atoms with Crippen molar-refractivity contribution in [3.05, 3.63) is 33.1 Å². The Bertz CT molecular complexity index is 479. The Kier molecular flexibility index (Phi) is 5.32. The molecule has 0 saturated carbocycles. The van der Waals surface area contributed by atoms with Crippen LogP contribution in [0, 0.1) is 9.39 Å². The monoisotopic (exact) mass is 365 g/mol. The minimum absolute atomic E-state index is 0.0667. The highest BCUT2D eigenvalue weighted by Crippen LogP contribution is 2.14. The minimum atomic E-state index is -0.552. The zero-order chi connectivity index (χ0) is 13.7. The van der Waals surface area contributed by atoms with Crippen LogP contribution in [0.1, 0.15) is 23.7 Å². The second-order valence-corrected chi connectivity index (χ2v) is 4.75. The van der Waals surface area contributed by atoms with Gasteiger partial charge in [0.2, 0.25) is 0 Å². The normalized spacial score (nSPS) is 13.2. The lowest BCUT2D eigenvalue weighted by Gasteiger charge is -2.15. The van der Waals surface area contributed by atoms with Gasteiger partial charge in [0.05, 0.1) is 11.6 Å². The fourth-order valence-electron chi connectivity index (χ4n) is 1.36. The Morgan fingerprint density at radius 1 is 1.67 bits per heavy atom. The highest BCUT2D eigenvalue weighted by atomic mass is 127. The van der Waals surface area contributed by atoms with E-state index >= 15 is 0 Å². The molecule has 0 aromatic heterocycles. The largest absolute Gasteiger partial charge is 0.409 e. The molecule has 0 bridgehead atoms. The van der Waals surface area contributed by atoms with E-state index in [0.717, 1.165) is 0 Å². The number of rotatable bonds is 4. The first-order chi connectivity index (χ1) is 8.49. The molecule has 0 radical (unpaired) electrons. The molecular formula is C11H13FIN3O2. The summed E-state index contributed by atoms with van der Waals surface area (Å²) in [4.78, 5) is 11.9. The molecule has 0 spiro atoms. The van der Waals surface area contributed by atoms with Gasteiger partial charge in [-0.05, 0) is 47.2 Å². The SMILES string of the molecule is CCC(NC(=O)c1ccc(F)cc1I)/C(N)=N/O. The molecule has 0 fully saturated rings. The van der Waals surface area contributed by atoms with E-state index in [1.807, 2.05) is 22.6 Å². The number of carbonyl (C=O) groups excluding carboxylic acids is 1. The van der Waals surface area contributed by atoms with Gasteiger partial charge in [0, 0.05) is 3.57 Å². The summed E-state index contributed by atoms with van der Waals surface area (Å²) in [7, 11) is 0. The third-order valence-corrected chi connectivity index (χ3v) is 3.25. The van der Waals surface area contributed by atoms with Crippen molar-refractivity contribution < 1.29 is 14.4 Å². The molecule has 1 rings (SSSR count). The van der Waals surface area contributed by atoms with Gasteiger partial charge in [-0.15, -0.1) is 0 Å². The molecule has 1 aromatic carbocycles. The van der Waals surface area contributed by atoms with Crippen LogP contribution in [0.15, 0.2) is 23.4 Å². The average Bonchev–Trinajstić information content (AvgIpc) is 2.34. The summed E-state index contributed by atoms with van der Waals surface area (Å²) in [6.45, 7) is 1.79. The number of nitrogens with zero attached hydrogens (tertiary/aromatic N) is 1. The van der Waals surface area contributed by atoms with Crippen LogP contribution < -0.4 is 11.1 Å². The highest BCUT2D eigenvalue weighted by Gasteiger charge is 2.17. The molecule has 0 saturated heterocycles. The number of hydrogen-bond donors (Lipinski definition) is 3. The first-order valence-corrected chi connectivity index (χ1v) is 6.30. The number of nitrogens with two attached hydrogens (primary N) is 1. The molecular weight excluding hydrogens is 352 g/mol. The van der Waals surface area contributed by atoms with Gasteiger partial charge in [0.15, 0.2) is 5.84 Å². The van der Waals surface area contributed by atoms with Crippen molar-refractivity contribution in [1.29, 1.82) is 0 Å². The van der Waals surface area contributed by atoms with Gasteiger partial charge in [-0.25, -0.2) is 4.39 Å². The van der Waals surface area contributed by atoms with Crippen LogP contribution >= 0.6 is 22.6 Å². The Morgan fingerprint density at radius 3 is 2.83 bits per heavy atom. The fourth-order valence-corrected chi connectivity index (χ4v) is 2.09. The molecule has 1 aromatic rings. The summed E-state index contributed by atoms with van der Waals surface area (Å²) >= 11 is 1.88. The number of hydrogen-bond acceptors (Lipinski definition) is 3. The van der Waals surface area contributed by atoms with Crippen molar-refractivity contribution in [1.82, 2.24) is 5.32 Å². The van der Waals surface area contributed by atoms with Crippen LogP contribution in [0.25, 0.3) is 0 Å². The lowest BCUT2D eigenvalue weighted by atomic mass is 10.1. The molecule has 7 heteroatoms. The zero-order valence-corrected chi connectivity index (χ0v) is 11.8. The van der Waals surface area contributed by atoms with Crippen molar-refractivity contribution in [2.24, 2.45) is 10.9 Å². The highest BCUT2D eigenvalue weighted by molar-refractivity contribution is 14.1. The predicted octanol–water partition coefficient (Wildman–Crippen LogP) is 1.69. The molecule has 1 atom stereocenters. The van der Waals surface area contributed by atoms with Crippen molar-refractivity contribution in [2.75, 3.05) is 0 Å². The standard InChI is InChI=1S/C11H13FIN3O2/c1-2-9(10(14)16-18)15-11(17)7-4-3-6(12)5-8(7)13/h3-5,9,18H,2H2,1H3,(H2,14,16)(H,15,17). The van der Waals surface area contributed by atoms with Gasteiger partial charge in [-0.3, -0.25) is 4.79 Å². The van der Waals surface area contributed by atoms with Gasteiger partial charge >= 0.3 is 0 Å². The molecule has 0 heterocycles. The summed E-state index contributed by atoms with van der Waals surface area (Å²) in [6.07, 6.45) is 0.486. The Labute approximate surface area is 117 Å². The molecule has 0 aliphatic carbocycles. The summed E-state index contributed by atoms with van der Waals surface area (Å²) in [5.74, 6) is -0.861. The maximum absolute atomic E-state index is 12.9. The first-order valence-electron chi connectivity index (χ1n) is 5.23. The third-order valence-electron chi connectivity index (χ3n) is 2.36. The predicted molar refractivity (Wildman–Crippen MR) is 74.1 cm³/mol. The van der Waals surface area contributed by atoms with E-state index < -0.39 is 17.8 Å². The Morgan fingerprint density at radius 2 is 2.33 bits per heavy atom. The van der Waals surface area contributed by atoms with Gasteiger partial charge in [0.1, 0.15) is 5.82 Å². The average molecular weight is 365 g/mol. The summed E-state index contributed by atoms with van der Waals surface area (Å²) in [6, 6.07) is 3.32. The van der Waals surface area contributed by atoms with Crippen molar-refractivity contribution in [3.8, 4) is 0 Å². The maximum Gasteiger partial charge on any atom is 0.252 e. The number of amides is 1. The van der Waals surface area contributed by atoms with E-state index in [2.05, 4.69) is 10.5 Å². The maximum atomic E-state index is 12.9. The molecule has 1 unspecified atom stereocenters. The number of benzene rings is 1. The van der Waals surface area contributed by atoms with Crippen LogP contribution in [0.5, 0.6) is 0 Å². The summed E-state index contributed by atoms with van der Waals surface area (Å²) in [5, 5.41) is 14.0. The van der Waals surface area contributed by atoms with E-state index in [-0.39, 0.29) is 5.84 Å². The van der Waals surface area contributed by atoms with E-state index in [0.29, 0.717) is 15.6 Å². The number of oxime groups is 1. The van der Waals surface area contributed by atoms with Crippen LogP contribution in [-0.4, -0.2) is 23.0 Å². The topological polar surface area (TPSA) is 87.7 Å². The Hall–Kier alpha value is -1.38. The number of carbonyl (C=O) groups is 1. The van der Waals surface area contributed by atoms with Gasteiger partial charge in [0.25, 0.3) is 5.91 Å². The van der Waals surface area contributed by atoms with E-state index in [4.69, 9.17) is 10.9 Å². The number of nitrogens with one attached hydrogen (secondary N) is 1. The fraction of sp³-hybridized carbons (Fsp3) is 0.273. The molecule has 4 N–H and O–H groups in total. The van der Waals surface area contributed by atoms with Crippen LogP contribution in [0.4, 0.5) is 4.39 Å². The Balaban J connectivity index is 2.88. The van der Waals surface area contributed by atoms with Gasteiger partial charge in [-0.2, -0.15) is 0 Å². The molecule has 98 valence electrons. The van der Waals surface area contributed by atoms with Crippen LogP contribution in [0.2, 0.25) is 0 Å². The van der Waals surface area contributed by atoms with Gasteiger partial charge in [-0.1, -0.05) is 12.1 Å². The number of halogens is 2. The van der Waals surface area contributed by atoms with Crippen LogP contribution in [-0.2, 0) is 0 Å². The quantitative estimate of drug-likeness (QED) is 0.250. The summed E-state index contributed by atoms with van der Waals surface area (Å²) < 4.78 is 13.4. The lowest BCUT2D eigenvalue weighted by molar-refractivity contribution is 0.0944. The zero-order valence-electron chi connectivity index (χ0n) is 9.65. The van der Waals surface area contributed by atoms with E-state index in [1.54, 1.807) is 6.92 Å². The molecule has 1 amide bonds. The van der Waals surface area contributed by atoms with Crippen molar-refractivity contribution >= 4 is 34.3 Å². The van der Waals surface area contributed by atoms with E-state index in [9.17, 15) is 9.18 Å². The van der Waals surface area contributed by atoms with Crippen LogP contribution in [0.3, 0.4) is 0 Å². The van der Waals surface area contributed by atoms with E-state index in [1.165, 1.54) is 18.2 Å². The lowest BCUT2D eigenvalue weighted by Crippen LogP contribution is -2.44. The molecule has 0 aliphatic rings.